The molecule has 0 bridgehead atoms. The molecule has 0 spiro atoms. The molecule has 1 aliphatic rings. The Hall–Kier alpha value is -0.760. The average Bonchev–Trinajstić information content (AvgIpc) is 1.87. The zero-order chi connectivity index (χ0) is 7.61. The molecule has 0 aromatic heterocycles. The lowest BCUT2D eigenvalue weighted by Gasteiger charge is -2.31. The van der Waals surface area contributed by atoms with Gasteiger partial charge in [-0.3, -0.25) is 4.48 Å². The summed E-state index contributed by atoms with van der Waals surface area (Å²) in [5.41, 5.74) is 0. The standard InChI is InChI=1S/C8H15N2/c1-9-8-6-4-5-7-10(8,2)3/h4-6,9H,7H2,1-3H3/q+1. The lowest BCUT2D eigenvalue weighted by molar-refractivity contribution is -0.850. The molecule has 0 fully saturated rings. The highest BCUT2D eigenvalue weighted by Gasteiger charge is 2.20. The first kappa shape index (κ1) is 7.35. The van der Waals surface area contributed by atoms with Gasteiger partial charge in [0.25, 0.3) is 0 Å². The Morgan fingerprint density at radius 1 is 1.50 bits per heavy atom. The SMILES string of the molecule is CNC1=CC=CC[N+]1(C)C. The van der Waals surface area contributed by atoms with Crippen LogP contribution >= 0.6 is 0 Å². The van der Waals surface area contributed by atoms with Crippen molar-refractivity contribution in [3.8, 4) is 0 Å². The molecule has 1 N–H and O–H groups in total. The summed E-state index contributed by atoms with van der Waals surface area (Å²) in [5.74, 6) is 1.27. The molecule has 0 aromatic rings. The summed E-state index contributed by atoms with van der Waals surface area (Å²) in [6, 6.07) is 0. The smallest absolute Gasteiger partial charge is 0.200 e. The molecule has 1 aliphatic heterocycles. The van der Waals surface area contributed by atoms with Crippen LogP contribution in [0.4, 0.5) is 0 Å². The maximum Gasteiger partial charge on any atom is 0.200 e. The second-order valence-electron chi connectivity index (χ2n) is 3.10. The monoisotopic (exact) mass is 139 g/mol. The zero-order valence-electron chi connectivity index (χ0n) is 6.89. The largest absolute Gasteiger partial charge is 0.344 e. The lowest BCUT2D eigenvalue weighted by Crippen LogP contribution is -2.44. The van der Waals surface area contributed by atoms with Gasteiger partial charge in [-0.05, 0) is 6.08 Å². The number of rotatable bonds is 1. The second-order valence-corrected chi connectivity index (χ2v) is 3.10. The molecule has 10 heavy (non-hydrogen) atoms. The van der Waals surface area contributed by atoms with Crippen LogP contribution < -0.4 is 5.32 Å². The molecule has 0 atom stereocenters. The van der Waals surface area contributed by atoms with Gasteiger partial charge >= 0.3 is 0 Å². The summed E-state index contributed by atoms with van der Waals surface area (Å²) >= 11 is 0. The molecule has 0 unspecified atom stereocenters. The lowest BCUT2D eigenvalue weighted by atomic mass is 10.3. The van der Waals surface area contributed by atoms with Gasteiger partial charge in [0.1, 0.15) is 6.54 Å². The van der Waals surface area contributed by atoms with E-state index in [2.05, 4.69) is 37.6 Å². The van der Waals surface area contributed by atoms with Crippen LogP contribution in [-0.4, -0.2) is 32.2 Å². The molecule has 2 nitrogen and oxygen atoms in total. The summed E-state index contributed by atoms with van der Waals surface area (Å²) in [7, 11) is 6.34. The molecule has 1 heterocycles. The minimum Gasteiger partial charge on any atom is -0.344 e. The molecule has 1 rings (SSSR count). The van der Waals surface area contributed by atoms with Crippen LogP contribution in [0.15, 0.2) is 24.0 Å². The predicted molar refractivity (Wildman–Crippen MR) is 43.3 cm³/mol. The van der Waals surface area contributed by atoms with E-state index in [1.165, 1.54) is 5.82 Å². The van der Waals surface area contributed by atoms with E-state index in [0.717, 1.165) is 11.0 Å². The third-order valence-electron chi connectivity index (χ3n) is 1.86. The molecule has 0 saturated heterocycles. The van der Waals surface area contributed by atoms with Gasteiger partial charge in [-0.15, -0.1) is 0 Å². The minimum absolute atomic E-state index is 0.924. The third kappa shape index (κ3) is 1.21. The fourth-order valence-electron chi connectivity index (χ4n) is 1.17. The van der Waals surface area contributed by atoms with E-state index >= 15 is 0 Å². The van der Waals surface area contributed by atoms with Crippen molar-refractivity contribution in [2.24, 2.45) is 0 Å². The van der Waals surface area contributed by atoms with Crippen molar-refractivity contribution >= 4 is 0 Å². The molecule has 56 valence electrons. The van der Waals surface area contributed by atoms with E-state index in [9.17, 15) is 0 Å². The highest BCUT2D eigenvalue weighted by molar-refractivity contribution is 5.10. The third-order valence-corrected chi connectivity index (χ3v) is 1.86. The molecule has 0 amide bonds. The Labute approximate surface area is 62.4 Å². The fourth-order valence-corrected chi connectivity index (χ4v) is 1.17. The van der Waals surface area contributed by atoms with Crippen molar-refractivity contribution in [1.82, 2.24) is 5.32 Å². The summed E-state index contributed by atoms with van der Waals surface area (Å²) < 4.78 is 0.924. The van der Waals surface area contributed by atoms with Gasteiger partial charge in [0.15, 0.2) is 0 Å². The fraction of sp³-hybridized carbons (Fsp3) is 0.500. The highest BCUT2D eigenvalue weighted by Crippen LogP contribution is 2.11. The van der Waals surface area contributed by atoms with Crippen LogP contribution in [0.25, 0.3) is 0 Å². The molecule has 2 heteroatoms. The average molecular weight is 139 g/mol. The van der Waals surface area contributed by atoms with Crippen molar-refractivity contribution < 1.29 is 4.48 Å². The Morgan fingerprint density at radius 2 is 2.20 bits per heavy atom. The van der Waals surface area contributed by atoms with Gasteiger partial charge in [0, 0.05) is 13.1 Å². The molecule has 0 aromatic carbocycles. The van der Waals surface area contributed by atoms with Crippen LogP contribution in [0.1, 0.15) is 0 Å². The number of quaternary nitrogens is 1. The minimum atomic E-state index is 0.924. The number of allylic oxidation sites excluding steroid dienone is 2. The van der Waals surface area contributed by atoms with Gasteiger partial charge < -0.3 is 5.32 Å². The quantitative estimate of drug-likeness (QED) is 0.527. The van der Waals surface area contributed by atoms with Crippen LogP contribution in [0, 0.1) is 0 Å². The van der Waals surface area contributed by atoms with Crippen LogP contribution in [0.5, 0.6) is 0 Å². The molecular formula is C8H15N2+. The van der Waals surface area contributed by atoms with E-state index in [1.807, 2.05) is 7.05 Å². The maximum atomic E-state index is 3.18. The first-order chi connectivity index (χ1) is 4.67. The van der Waals surface area contributed by atoms with Crippen molar-refractivity contribution in [3.63, 3.8) is 0 Å². The molecular weight excluding hydrogens is 124 g/mol. The van der Waals surface area contributed by atoms with E-state index in [4.69, 9.17) is 0 Å². The van der Waals surface area contributed by atoms with Gasteiger partial charge in [0.05, 0.1) is 14.1 Å². The van der Waals surface area contributed by atoms with E-state index in [1.54, 1.807) is 0 Å². The van der Waals surface area contributed by atoms with E-state index < -0.39 is 0 Å². The van der Waals surface area contributed by atoms with Gasteiger partial charge in [0.2, 0.25) is 5.82 Å². The van der Waals surface area contributed by atoms with Gasteiger partial charge in [-0.2, -0.15) is 0 Å². The van der Waals surface area contributed by atoms with Crippen molar-refractivity contribution in [3.05, 3.63) is 24.0 Å². The summed E-state index contributed by atoms with van der Waals surface area (Å²) in [5, 5.41) is 3.18. The normalized spacial score (nSPS) is 22.1. The van der Waals surface area contributed by atoms with E-state index in [0.29, 0.717) is 0 Å². The Kier molecular flexibility index (Phi) is 1.81. The first-order valence-corrected chi connectivity index (χ1v) is 3.55. The Bertz CT molecular complexity index is 178. The van der Waals surface area contributed by atoms with E-state index in [-0.39, 0.29) is 0 Å². The Morgan fingerprint density at radius 3 is 2.60 bits per heavy atom. The van der Waals surface area contributed by atoms with Crippen LogP contribution in [-0.2, 0) is 0 Å². The molecule has 0 saturated carbocycles. The number of nitrogens with zero attached hydrogens (tertiary/aromatic N) is 1. The first-order valence-electron chi connectivity index (χ1n) is 3.55. The zero-order valence-corrected chi connectivity index (χ0v) is 6.89. The number of nitrogens with one attached hydrogen (secondary N) is 1. The van der Waals surface area contributed by atoms with Crippen LogP contribution in [0.3, 0.4) is 0 Å². The highest BCUT2D eigenvalue weighted by atomic mass is 15.4. The van der Waals surface area contributed by atoms with Crippen LogP contribution in [0.2, 0.25) is 0 Å². The number of hydrogen-bond acceptors (Lipinski definition) is 1. The summed E-state index contributed by atoms with van der Waals surface area (Å²) in [4.78, 5) is 0. The number of likely N-dealkylation sites (N-methyl/N-ethyl adjacent to an activating group) is 1. The molecule has 0 radical (unpaired) electrons. The van der Waals surface area contributed by atoms with Gasteiger partial charge in [-0.25, -0.2) is 0 Å². The maximum absolute atomic E-state index is 3.18. The second kappa shape index (κ2) is 2.46. The topological polar surface area (TPSA) is 12.0 Å². The Balaban J connectivity index is 2.81. The number of hydrogen-bond donors (Lipinski definition) is 1. The van der Waals surface area contributed by atoms with Crippen molar-refractivity contribution in [2.45, 2.75) is 0 Å². The molecule has 0 aliphatic carbocycles. The van der Waals surface area contributed by atoms with Crippen molar-refractivity contribution in [1.29, 1.82) is 0 Å². The predicted octanol–water partition coefficient (Wildman–Crippen LogP) is 0.693. The summed E-state index contributed by atoms with van der Waals surface area (Å²) in [6.07, 6.45) is 6.39. The van der Waals surface area contributed by atoms with Crippen molar-refractivity contribution in [2.75, 3.05) is 27.7 Å². The summed E-state index contributed by atoms with van der Waals surface area (Å²) in [6.45, 7) is 1.08. The van der Waals surface area contributed by atoms with Gasteiger partial charge in [-0.1, -0.05) is 6.08 Å².